The highest BCUT2D eigenvalue weighted by atomic mass is 16.8. The summed E-state index contributed by atoms with van der Waals surface area (Å²) in [5.41, 5.74) is -5.92. The second-order valence-electron chi connectivity index (χ2n) is 20.0. The van der Waals surface area contributed by atoms with E-state index >= 15 is 0 Å². The standard InChI is InChI=1S/C44H77N3O30/c1-13-23(45-14(2)53)30(61)34(21(10-51)70-13)74-38-25(47-16(4)55)31(62)35(22(11-52)73-38)75-42(67)44(68)17(26(57)37(44)76-40-33(64)32(63)28(59)20(9-50)72-40)12-69-41(66)43(5,36(65)18(56)6-7-48)77-39-24(46-15(3)54)29(60)27(58)19(8-49)71-39/h13,17-42,48-52,56-68H,6-12H2,1-5H3,(H,45,53)(H,46,54)(H,47,55)/t13-,17?,18+,19?,20+,21?,22?,23?,24?,25?,26+,27+,28+,29?,30?,31?,32?,33?,34+,35+,36?,37?,38-,39-,40+,41+,42-,43?,44?/m0/s1. The van der Waals surface area contributed by atoms with Crippen LogP contribution in [0.1, 0.15) is 41.0 Å². The van der Waals surface area contributed by atoms with Gasteiger partial charge in [0.05, 0.1) is 57.4 Å². The second-order valence-corrected chi connectivity index (χ2v) is 20.0. The van der Waals surface area contributed by atoms with Crippen molar-refractivity contribution in [2.45, 2.75) is 212 Å². The van der Waals surface area contributed by atoms with Gasteiger partial charge < -0.3 is 150 Å². The lowest BCUT2D eigenvalue weighted by Gasteiger charge is -2.58. The highest BCUT2D eigenvalue weighted by molar-refractivity contribution is 5.74. The molecule has 33 nitrogen and oxygen atoms in total. The molecule has 1 saturated carbocycles. The van der Waals surface area contributed by atoms with E-state index < -0.39 is 240 Å². The van der Waals surface area contributed by atoms with E-state index in [9.17, 15) is 106 Å². The number of nitrogens with one attached hydrogen (secondary N) is 3. The number of ether oxygens (including phenoxy) is 9. The fourth-order valence-corrected chi connectivity index (χ4v) is 10.1. The molecule has 1 aliphatic carbocycles. The van der Waals surface area contributed by atoms with E-state index in [0.717, 1.165) is 27.7 Å². The van der Waals surface area contributed by atoms with Crippen LogP contribution < -0.4 is 16.0 Å². The van der Waals surface area contributed by atoms with Gasteiger partial charge in [0, 0.05) is 33.3 Å². The third kappa shape index (κ3) is 13.8. The molecule has 21 N–H and O–H groups in total. The molecule has 0 radical (unpaired) electrons. The molecule has 29 atom stereocenters. The van der Waals surface area contributed by atoms with E-state index in [1.165, 1.54) is 6.92 Å². The number of carbonyl (C=O) groups is 3. The lowest BCUT2D eigenvalue weighted by atomic mass is 9.63. The van der Waals surface area contributed by atoms with Gasteiger partial charge in [0.1, 0.15) is 109 Å². The maximum absolute atomic E-state index is 12.6. The molecule has 5 rings (SSSR count). The molecule has 16 unspecified atom stereocenters. The Balaban J connectivity index is 1.49. The Morgan fingerprint density at radius 3 is 1.60 bits per heavy atom. The van der Waals surface area contributed by atoms with Gasteiger partial charge in [-0.05, 0) is 20.3 Å². The highest BCUT2D eigenvalue weighted by Crippen LogP contribution is 2.47. The summed E-state index contributed by atoms with van der Waals surface area (Å²) in [4.78, 5) is 36.8. The van der Waals surface area contributed by atoms with Crippen LogP contribution in [-0.4, -0.2) is 320 Å². The van der Waals surface area contributed by atoms with Crippen molar-refractivity contribution in [3.8, 4) is 0 Å². The molecule has 5 aliphatic rings. The molecule has 3 amide bonds. The molecule has 0 aromatic heterocycles. The minimum atomic E-state index is -3.17. The molecule has 33 heteroatoms. The Hall–Kier alpha value is -2.67. The zero-order valence-electron chi connectivity index (χ0n) is 42.5. The van der Waals surface area contributed by atoms with Gasteiger partial charge in [0.15, 0.2) is 37.1 Å². The van der Waals surface area contributed by atoms with Crippen LogP contribution in [0.3, 0.4) is 0 Å². The quantitative estimate of drug-likeness (QED) is 0.0399. The van der Waals surface area contributed by atoms with Gasteiger partial charge in [-0.2, -0.15) is 0 Å². The van der Waals surface area contributed by atoms with Gasteiger partial charge in [0.25, 0.3) is 0 Å². The summed E-state index contributed by atoms with van der Waals surface area (Å²) in [6, 6.07) is -4.64. The molecule has 0 aromatic rings. The van der Waals surface area contributed by atoms with Crippen LogP contribution in [0, 0.1) is 5.92 Å². The molecule has 4 aliphatic heterocycles. The van der Waals surface area contributed by atoms with Crippen LogP contribution in [0.15, 0.2) is 0 Å². The molecule has 0 aromatic carbocycles. The van der Waals surface area contributed by atoms with E-state index in [1.54, 1.807) is 0 Å². The Labute approximate surface area is 439 Å². The third-order valence-electron chi connectivity index (χ3n) is 14.5. The van der Waals surface area contributed by atoms with Crippen molar-refractivity contribution in [2.75, 3.05) is 39.6 Å². The molecule has 5 fully saturated rings. The first-order chi connectivity index (χ1) is 36.1. The smallest absolute Gasteiger partial charge is 0.217 e. The predicted molar refractivity (Wildman–Crippen MR) is 244 cm³/mol. The molecular formula is C44H77N3O30. The van der Waals surface area contributed by atoms with Crippen LogP contribution in [0.2, 0.25) is 0 Å². The summed E-state index contributed by atoms with van der Waals surface area (Å²) < 4.78 is 51.7. The summed E-state index contributed by atoms with van der Waals surface area (Å²) in [7, 11) is 0. The van der Waals surface area contributed by atoms with Crippen LogP contribution >= 0.6 is 0 Å². The van der Waals surface area contributed by atoms with Crippen LogP contribution in [0.25, 0.3) is 0 Å². The molecule has 77 heavy (non-hydrogen) atoms. The predicted octanol–water partition coefficient (Wildman–Crippen LogP) is -12.6. The lowest BCUT2D eigenvalue weighted by Crippen LogP contribution is -2.79. The van der Waals surface area contributed by atoms with Crippen molar-refractivity contribution in [3.05, 3.63) is 0 Å². The SMILES string of the molecule is CC(=O)NC1C(O)[C@H](O)C(CO)O[C@H]1OC(C)(C(O)[C@H](O)CCO)[C@H](O)OCC1[C@@H](O)C(O[C@H]2O[C@H](CO)[C@@H](O)C(O)C2O)C1(O)[C@@H](O)O[C@@H]1C(CO)O[C@@H](O[C@@H]2C(CO)O[C@@H](C)C(NC(C)=O)C2O)C(NC(C)=O)C1O. The Morgan fingerprint density at radius 1 is 0.584 bits per heavy atom. The zero-order valence-corrected chi connectivity index (χ0v) is 42.5. The van der Waals surface area contributed by atoms with E-state index in [4.69, 9.17) is 42.6 Å². The summed E-state index contributed by atoms with van der Waals surface area (Å²) in [6.07, 6.45) is -45.6. The van der Waals surface area contributed by atoms with Gasteiger partial charge in [-0.15, -0.1) is 0 Å². The number of aliphatic hydroxyl groups excluding tert-OH is 17. The average molecular weight is 1130 g/mol. The molecule has 4 saturated heterocycles. The largest absolute Gasteiger partial charge is 0.396 e. The molecule has 4 heterocycles. The second kappa shape index (κ2) is 27.4. The average Bonchev–Trinajstić information content (AvgIpc) is 3.43. The fourth-order valence-electron chi connectivity index (χ4n) is 10.1. The minimum Gasteiger partial charge on any atom is -0.396 e. The van der Waals surface area contributed by atoms with E-state index in [1.807, 2.05) is 0 Å². The van der Waals surface area contributed by atoms with Gasteiger partial charge in [-0.3, -0.25) is 14.4 Å². The first-order valence-corrected chi connectivity index (χ1v) is 24.7. The van der Waals surface area contributed by atoms with Crippen molar-refractivity contribution < 1.29 is 149 Å². The normalized spacial score (nSPS) is 43.9. The Morgan fingerprint density at radius 2 is 1.06 bits per heavy atom. The first kappa shape index (κ1) is 65.1. The van der Waals surface area contributed by atoms with Crippen molar-refractivity contribution in [1.29, 1.82) is 0 Å². The van der Waals surface area contributed by atoms with Crippen LogP contribution in [0.4, 0.5) is 0 Å². The number of rotatable bonds is 24. The molecule has 0 bridgehead atoms. The van der Waals surface area contributed by atoms with Crippen molar-refractivity contribution >= 4 is 17.7 Å². The summed E-state index contributed by atoms with van der Waals surface area (Å²) in [6.45, 7) is -0.246. The summed E-state index contributed by atoms with van der Waals surface area (Å²) >= 11 is 0. The molecule has 448 valence electrons. The lowest BCUT2D eigenvalue weighted by molar-refractivity contribution is -0.415. The van der Waals surface area contributed by atoms with Gasteiger partial charge >= 0.3 is 0 Å². The number of hydrogen-bond donors (Lipinski definition) is 21. The van der Waals surface area contributed by atoms with Gasteiger partial charge in [-0.25, -0.2) is 0 Å². The molecule has 0 spiro atoms. The first-order valence-electron chi connectivity index (χ1n) is 24.7. The van der Waals surface area contributed by atoms with E-state index in [0.29, 0.717) is 0 Å². The van der Waals surface area contributed by atoms with Gasteiger partial charge in [-0.1, -0.05) is 0 Å². The third-order valence-corrected chi connectivity index (χ3v) is 14.5. The summed E-state index contributed by atoms with van der Waals surface area (Å²) in [5, 5.41) is 204. The number of aliphatic hydroxyl groups is 18. The van der Waals surface area contributed by atoms with Crippen molar-refractivity contribution in [1.82, 2.24) is 16.0 Å². The molecular weight excluding hydrogens is 1050 g/mol. The zero-order chi connectivity index (χ0) is 57.8. The maximum Gasteiger partial charge on any atom is 0.217 e. The van der Waals surface area contributed by atoms with Crippen molar-refractivity contribution in [2.24, 2.45) is 5.92 Å². The van der Waals surface area contributed by atoms with E-state index in [-0.39, 0.29) is 0 Å². The van der Waals surface area contributed by atoms with E-state index in [2.05, 4.69) is 16.0 Å². The Bertz CT molecular complexity index is 1900. The number of hydrogen-bond acceptors (Lipinski definition) is 30. The van der Waals surface area contributed by atoms with Crippen LogP contribution in [0.5, 0.6) is 0 Å². The number of carbonyl (C=O) groups excluding carboxylic acids is 3. The fraction of sp³-hybridized carbons (Fsp3) is 0.932. The Kier molecular flexibility index (Phi) is 23.2. The number of amides is 3. The monoisotopic (exact) mass is 1130 g/mol. The highest BCUT2D eigenvalue weighted by Gasteiger charge is 2.69. The maximum atomic E-state index is 12.6. The van der Waals surface area contributed by atoms with Gasteiger partial charge in [0.2, 0.25) is 17.7 Å². The van der Waals surface area contributed by atoms with Crippen LogP contribution in [-0.2, 0) is 57.0 Å². The van der Waals surface area contributed by atoms with Crippen molar-refractivity contribution in [3.63, 3.8) is 0 Å². The summed E-state index contributed by atoms with van der Waals surface area (Å²) in [5.74, 6) is -4.29. The minimum absolute atomic E-state index is 0.583. The topological polar surface area (TPSA) is 535 Å².